The molecule has 1 atom stereocenters. The van der Waals surface area contributed by atoms with Crippen molar-refractivity contribution in [1.82, 2.24) is 14.5 Å². The summed E-state index contributed by atoms with van der Waals surface area (Å²) in [4.78, 5) is 18.2. The number of nitrogens with zero attached hydrogens (tertiary/aromatic N) is 4. The van der Waals surface area contributed by atoms with Gasteiger partial charge in [-0.05, 0) is 42.0 Å². The molecule has 214 valence electrons. The van der Waals surface area contributed by atoms with Crippen LogP contribution in [0.4, 0.5) is 8.78 Å². The standard InChI is InChI=1S/C30H25F2N4O5P/c1-39-12-11-36-28-16-23(41-42(37)38)9-10-27(28)34-29(36)15-20-7-8-21(14-25(20)32)26-3-2-4-30(35-26)40-18-22-6-5-19(17-33)13-24(22)31/h2-10,13-14,16,42H,11-12,15,18H2,1H3,(H,37,38). The topological polar surface area (TPSA) is 119 Å². The molecule has 5 rings (SSSR count). The molecule has 5 aromatic rings. The molecule has 0 radical (unpaired) electrons. The van der Waals surface area contributed by atoms with E-state index in [0.717, 1.165) is 6.07 Å². The molecule has 12 heteroatoms. The van der Waals surface area contributed by atoms with Crippen LogP contribution in [0, 0.1) is 23.0 Å². The van der Waals surface area contributed by atoms with E-state index in [2.05, 4.69) is 9.97 Å². The van der Waals surface area contributed by atoms with Crippen LogP contribution in [0.2, 0.25) is 0 Å². The second-order valence-electron chi connectivity index (χ2n) is 9.24. The Labute approximate surface area is 240 Å². The molecular formula is C30H25F2N4O5P. The molecular weight excluding hydrogens is 565 g/mol. The highest BCUT2D eigenvalue weighted by molar-refractivity contribution is 7.32. The van der Waals surface area contributed by atoms with Gasteiger partial charge in [-0.1, -0.05) is 24.3 Å². The van der Waals surface area contributed by atoms with Crippen molar-refractivity contribution in [1.29, 1.82) is 5.26 Å². The number of rotatable bonds is 11. The number of imidazole rings is 1. The van der Waals surface area contributed by atoms with Crippen molar-refractivity contribution in [2.45, 2.75) is 19.6 Å². The molecule has 0 amide bonds. The molecule has 0 saturated heterocycles. The lowest BCUT2D eigenvalue weighted by Gasteiger charge is -2.11. The predicted octanol–water partition coefficient (Wildman–Crippen LogP) is 5.83. The number of methoxy groups -OCH3 is 1. The van der Waals surface area contributed by atoms with Gasteiger partial charge in [-0.2, -0.15) is 5.26 Å². The summed E-state index contributed by atoms with van der Waals surface area (Å²) in [6.45, 7) is 0.726. The molecule has 3 aromatic carbocycles. The molecule has 1 unspecified atom stereocenters. The lowest BCUT2D eigenvalue weighted by molar-refractivity contribution is 0.187. The van der Waals surface area contributed by atoms with Crippen molar-refractivity contribution >= 4 is 19.3 Å². The molecule has 0 bridgehead atoms. The fourth-order valence-corrected chi connectivity index (χ4v) is 4.77. The van der Waals surface area contributed by atoms with Crippen LogP contribution in [0.15, 0.2) is 72.8 Å². The van der Waals surface area contributed by atoms with Crippen LogP contribution < -0.4 is 9.26 Å². The fourth-order valence-electron chi connectivity index (χ4n) is 4.45. The summed E-state index contributed by atoms with van der Waals surface area (Å²) < 4.78 is 58.5. The van der Waals surface area contributed by atoms with Crippen LogP contribution in [0.1, 0.15) is 22.5 Å². The SMILES string of the molecule is COCCn1c(Cc2ccc(-c3cccc(OCc4ccc(C#N)cc4F)n3)cc2F)nc2ccc(O[PH](=O)O)cc21. The Bertz CT molecular complexity index is 1820. The van der Waals surface area contributed by atoms with Crippen LogP contribution in [0.3, 0.4) is 0 Å². The van der Waals surface area contributed by atoms with Crippen LogP contribution in [0.25, 0.3) is 22.3 Å². The van der Waals surface area contributed by atoms with Crippen LogP contribution in [-0.2, 0) is 28.9 Å². The van der Waals surface area contributed by atoms with Gasteiger partial charge in [-0.3, -0.25) is 0 Å². The van der Waals surface area contributed by atoms with E-state index < -0.39 is 19.9 Å². The van der Waals surface area contributed by atoms with Gasteiger partial charge in [0.05, 0.1) is 35.0 Å². The lowest BCUT2D eigenvalue weighted by atomic mass is 10.1. The Morgan fingerprint density at radius 1 is 1.00 bits per heavy atom. The van der Waals surface area contributed by atoms with Crippen LogP contribution in [-0.4, -0.2) is 33.1 Å². The number of pyridine rings is 1. The number of aromatic nitrogens is 3. The lowest BCUT2D eigenvalue weighted by Crippen LogP contribution is -2.09. The average Bonchev–Trinajstić information content (AvgIpc) is 3.32. The Morgan fingerprint density at radius 2 is 1.81 bits per heavy atom. The number of halogens is 2. The summed E-state index contributed by atoms with van der Waals surface area (Å²) in [5, 5.41) is 8.90. The van der Waals surface area contributed by atoms with E-state index in [0.29, 0.717) is 46.8 Å². The van der Waals surface area contributed by atoms with Gasteiger partial charge < -0.3 is 23.5 Å². The van der Waals surface area contributed by atoms with Crippen molar-refractivity contribution in [2.75, 3.05) is 13.7 Å². The minimum absolute atomic E-state index is 0.0854. The predicted molar refractivity (Wildman–Crippen MR) is 151 cm³/mol. The zero-order valence-electron chi connectivity index (χ0n) is 22.4. The van der Waals surface area contributed by atoms with Crippen molar-refractivity contribution in [2.24, 2.45) is 0 Å². The number of benzene rings is 3. The second-order valence-corrected chi connectivity index (χ2v) is 9.98. The normalized spacial score (nSPS) is 11.8. The van der Waals surface area contributed by atoms with Crippen molar-refractivity contribution < 1.29 is 32.2 Å². The number of fused-ring (bicyclic) bond motifs is 1. The Kier molecular flexibility index (Phi) is 8.88. The molecule has 2 heterocycles. The largest absolute Gasteiger partial charge is 0.473 e. The minimum Gasteiger partial charge on any atom is -0.473 e. The van der Waals surface area contributed by atoms with Gasteiger partial charge in [-0.25, -0.2) is 23.3 Å². The number of nitriles is 1. The minimum atomic E-state index is -3.17. The molecule has 0 saturated carbocycles. The highest BCUT2D eigenvalue weighted by Gasteiger charge is 2.16. The van der Waals surface area contributed by atoms with E-state index in [-0.39, 0.29) is 35.8 Å². The van der Waals surface area contributed by atoms with E-state index in [4.69, 9.17) is 24.2 Å². The summed E-state index contributed by atoms with van der Waals surface area (Å²) in [5.41, 5.74) is 3.21. The van der Waals surface area contributed by atoms with Gasteiger partial charge in [0.15, 0.2) is 0 Å². The number of ether oxygens (including phenoxy) is 2. The molecule has 42 heavy (non-hydrogen) atoms. The molecule has 2 aromatic heterocycles. The van der Waals surface area contributed by atoms with E-state index in [9.17, 15) is 8.96 Å². The maximum absolute atomic E-state index is 15.4. The first-order valence-electron chi connectivity index (χ1n) is 12.8. The summed E-state index contributed by atoms with van der Waals surface area (Å²) in [6, 6.07) is 20.7. The van der Waals surface area contributed by atoms with Crippen LogP contribution >= 0.6 is 8.25 Å². The van der Waals surface area contributed by atoms with Crippen molar-refractivity contribution in [3.63, 3.8) is 0 Å². The van der Waals surface area contributed by atoms with E-state index in [1.165, 1.54) is 18.2 Å². The van der Waals surface area contributed by atoms with Crippen molar-refractivity contribution in [3.8, 4) is 29.0 Å². The highest BCUT2D eigenvalue weighted by Crippen LogP contribution is 2.29. The number of hydrogen-bond donors (Lipinski definition) is 1. The van der Waals surface area contributed by atoms with Crippen LogP contribution in [0.5, 0.6) is 11.6 Å². The van der Waals surface area contributed by atoms with Crippen molar-refractivity contribution in [3.05, 3.63) is 107 Å². The molecule has 0 aliphatic rings. The van der Waals surface area contributed by atoms with Gasteiger partial charge in [0, 0.05) is 43.3 Å². The molecule has 9 nitrogen and oxygen atoms in total. The fraction of sp³-hybridized carbons (Fsp3) is 0.167. The number of hydrogen-bond acceptors (Lipinski definition) is 7. The zero-order valence-corrected chi connectivity index (χ0v) is 23.4. The molecule has 1 N–H and O–H groups in total. The maximum Gasteiger partial charge on any atom is 0.365 e. The first kappa shape index (κ1) is 28.9. The first-order chi connectivity index (χ1) is 20.3. The monoisotopic (exact) mass is 590 g/mol. The third-order valence-electron chi connectivity index (χ3n) is 6.50. The van der Waals surface area contributed by atoms with E-state index in [1.807, 2.05) is 10.6 Å². The summed E-state index contributed by atoms with van der Waals surface area (Å²) in [5.74, 6) is 0.0622. The van der Waals surface area contributed by atoms with Gasteiger partial charge in [0.25, 0.3) is 0 Å². The average molecular weight is 591 g/mol. The second kappa shape index (κ2) is 12.9. The van der Waals surface area contributed by atoms with Gasteiger partial charge in [-0.15, -0.1) is 0 Å². The van der Waals surface area contributed by atoms with E-state index in [1.54, 1.807) is 55.6 Å². The smallest absolute Gasteiger partial charge is 0.365 e. The maximum atomic E-state index is 15.4. The molecule has 0 aliphatic carbocycles. The Hall–Kier alpha value is -4.62. The summed E-state index contributed by atoms with van der Waals surface area (Å²) in [7, 11) is -1.60. The summed E-state index contributed by atoms with van der Waals surface area (Å²) >= 11 is 0. The summed E-state index contributed by atoms with van der Waals surface area (Å²) in [6.07, 6.45) is 0.185. The zero-order chi connectivity index (χ0) is 29.6. The molecule has 0 spiro atoms. The third-order valence-corrected chi connectivity index (χ3v) is 6.91. The molecule has 0 aliphatic heterocycles. The first-order valence-corrected chi connectivity index (χ1v) is 14.1. The van der Waals surface area contributed by atoms with E-state index >= 15 is 4.39 Å². The Morgan fingerprint density at radius 3 is 2.55 bits per heavy atom. The Balaban J connectivity index is 1.36. The van der Waals surface area contributed by atoms with Gasteiger partial charge in [0.1, 0.15) is 29.8 Å². The van der Waals surface area contributed by atoms with Gasteiger partial charge in [0.2, 0.25) is 5.88 Å². The molecule has 0 fully saturated rings. The quantitative estimate of drug-likeness (QED) is 0.191. The highest BCUT2D eigenvalue weighted by atomic mass is 31.1. The van der Waals surface area contributed by atoms with Gasteiger partial charge >= 0.3 is 8.25 Å². The third kappa shape index (κ3) is 6.64.